The van der Waals surface area contributed by atoms with Crippen LogP contribution in [0.5, 0.6) is 0 Å². The van der Waals surface area contributed by atoms with Crippen LogP contribution >= 0.6 is 34.8 Å². The number of alkyl carbamates (subject to hydrolysis) is 1. The van der Waals surface area contributed by atoms with Crippen LogP contribution in [0.3, 0.4) is 0 Å². The van der Waals surface area contributed by atoms with Crippen molar-refractivity contribution >= 4 is 74.9 Å². The second kappa shape index (κ2) is 10.6. The molecule has 222 valence electrons. The number of hydrogen-bond acceptors (Lipinski definition) is 8. The van der Waals surface area contributed by atoms with E-state index in [1.807, 2.05) is 5.32 Å². The molecule has 0 radical (unpaired) electrons. The molecule has 1 saturated heterocycles. The average Bonchev–Trinajstić information content (AvgIpc) is 3.59. The summed E-state index contributed by atoms with van der Waals surface area (Å²) in [5.74, 6) is 1.54. The molecule has 13 heteroatoms. The summed E-state index contributed by atoms with van der Waals surface area (Å²) >= 11 is 16.6. The van der Waals surface area contributed by atoms with Gasteiger partial charge in [-0.2, -0.15) is 4.98 Å². The van der Waals surface area contributed by atoms with Gasteiger partial charge in [-0.15, -0.1) is 0 Å². The topological polar surface area (TPSA) is 114 Å². The maximum absolute atomic E-state index is 13.0. The maximum atomic E-state index is 13.0. The normalized spacial score (nSPS) is 25.0. The van der Waals surface area contributed by atoms with Crippen molar-refractivity contribution in [1.29, 1.82) is 0 Å². The number of imide groups is 1. The fourth-order valence-electron chi connectivity index (χ4n) is 6.66. The van der Waals surface area contributed by atoms with E-state index in [1.54, 1.807) is 0 Å². The quantitative estimate of drug-likeness (QED) is 0.432. The molecule has 3 atom stereocenters. The van der Waals surface area contributed by atoms with E-state index in [9.17, 15) is 13.8 Å². The van der Waals surface area contributed by atoms with E-state index in [1.165, 1.54) is 35.1 Å². The van der Waals surface area contributed by atoms with Crippen molar-refractivity contribution in [3.8, 4) is 0 Å². The molecule has 1 aromatic carbocycles. The molecule has 9 nitrogen and oxygen atoms in total. The predicted octanol–water partition coefficient (Wildman–Crippen LogP) is 4.74. The van der Waals surface area contributed by atoms with Gasteiger partial charge in [0.05, 0.1) is 22.0 Å². The Bertz CT molecular complexity index is 1540. The Labute approximate surface area is 261 Å². The van der Waals surface area contributed by atoms with Gasteiger partial charge in [-0.05, 0) is 72.6 Å². The number of carbonyl (C=O) groups is 2. The molecule has 2 fully saturated rings. The number of alkyl halides is 3. The van der Waals surface area contributed by atoms with E-state index in [-0.39, 0.29) is 6.61 Å². The van der Waals surface area contributed by atoms with Crippen LogP contribution in [0.25, 0.3) is 5.57 Å². The number of carbonyl (C=O) groups excluding carboxylic acids is 2. The Hall–Kier alpha value is -2.40. The van der Waals surface area contributed by atoms with Gasteiger partial charge in [-0.3, -0.25) is 14.3 Å². The monoisotopic (exact) mass is 649 g/mol. The Morgan fingerprint density at radius 3 is 2.60 bits per heavy atom. The third-order valence-electron chi connectivity index (χ3n) is 9.24. The second-order valence-electron chi connectivity index (χ2n) is 11.9. The zero-order chi connectivity index (χ0) is 29.2. The molecule has 2 amide bonds. The van der Waals surface area contributed by atoms with Gasteiger partial charge in [-0.1, -0.05) is 59.1 Å². The Balaban J connectivity index is 1.07. The van der Waals surface area contributed by atoms with Crippen LogP contribution in [0.4, 0.5) is 16.6 Å². The third-order valence-corrected chi connectivity index (χ3v) is 11.2. The van der Waals surface area contributed by atoms with Gasteiger partial charge < -0.3 is 15.0 Å². The standard InChI is InChI=1S/C29H30Cl3N5O4S/c30-29(31,32)25(38)35-27(39)41-15-28(7-1-8-28)36-24-23-22(6-9-42(23)40)33-26(34-24)37-13-20-11-19(12-21(20)14-37)18-5-3-16-2-4-17(16)10-18/h3,5,10-11,20-21H,1-2,4,6-9,12-15H2,(H,33,34,36)(H,35,38,39)/t20-,21+,42+/m0/s1. The summed E-state index contributed by atoms with van der Waals surface area (Å²) in [6.45, 7) is 1.67. The number of nitrogens with zero attached hydrogens (tertiary/aromatic N) is 3. The number of hydrogen-bond donors (Lipinski definition) is 2. The van der Waals surface area contributed by atoms with Gasteiger partial charge >= 0.3 is 6.09 Å². The van der Waals surface area contributed by atoms with Gasteiger partial charge in [0.15, 0.2) is 0 Å². The summed E-state index contributed by atoms with van der Waals surface area (Å²) in [5, 5.41) is 5.40. The highest BCUT2D eigenvalue weighted by Gasteiger charge is 2.43. The largest absolute Gasteiger partial charge is 0.447 e. The average molecular weight is 651 g/mol. The van der Waals surface area contributed by atoms with Crippen LogP contribution in [-0.4, -0.2) is 61.0 Å². The summed E-state index contributed by atoms with van der Waals surface area (Å²) in [5.41, 5.74) is 5.97. The predicted molar refractivity (Wildman–Crippen MR) is 163 cm³/mol. The lowest BCUT2D eigenvalue weighted by molar-refractivity contribution is -0.119. The number of aryl methyl sites for hydroxylation is 3. The van der Waals surface area contributed by atoms with Crippen LogP contribution < -0.4 is 15.5 Å². The van der Waals surface area contributed by atoms with Crippen LogP contribution in [0.1, 0.15) is 48.1 Å². The van der Waals surface area contributed by atoms with E-state index in [2.05, 4.69) is 34.5 Å². The van der Waals surface area contributed by atoms with E-state index in [4.69, 9.17) is 49.5 Å². The number of benzene rings is 1. The number of ether oxygens (including phenoxy) is 1. The van der Waals surface area contributed by atoms with Gasteiger partial charge in [0.25, 0.3) is 9.70 Å². The molecule has 0 unspecified atom stereocenters. The molecule has 2 aliphatic heterocycles. The van der Waals surface area contributed by atoms with Crippen molar-refractivity contribution in [1.82, 2.24) is 15.3 Å². The van der Waals surface area contributed by atoms with Gasteiger partial charge in [0, 0.05) is 25.3 Å². The molecule has 0 bridgehead atoms. The fourth-order valence-corrected chi connectivity index (χ4v) is 8.10. The second-order valence-corrected chi connectivity index (χ2v) is 15.7. The Kier molecular flexibility index (Phi) is 7.19. The van der Waals surface area contributed by atoms with Crippen LogP contribution in [0.2, 0.25) is 0 Å². The minimum Gasteiger partial charge on any atom is -0.447 e. The van der Waals surface area contributed by atoms with Crippen molar-refractivity contribution in [3.05, 3.63) is 46.7 Å². The number of amides is 2. The lowest BCUT2D eigenvalue weighted by Gasteiger charge is -2.42. The van der Waals surface area contributed by atoms with E-state index >= 15 is 0 Å². The summed E-state index contributed by atoms with van der Waals surface area (Å²) in [6.07, 6.45) is 7.83. The lowest BCUT2D eigenvalue weighted by atomic mass is 9.77. The highest BCUT2D eigenvalue weighted by Crippen LogP contribution is 2.44. The van der Waals surface area contributed by atoms with Gasteiger partial charge in [-0.25, -0.2) is 9.78 Å². The van der Waals surface area contributed by atoms with Crippen LogP contribution in [-0.2, 0) is 39.6 Å². The van der Waals surface area contributed by atoms with E-state index in [0.717, 1.165) is 31.6 Å². The Morgan fingerprint density at radius 2 is 1.93 bits per heavy atom. The number of allylic oxidation sites excluding steroid dienone is 1. The number of anilines is 2. The zero-order valence-electron chi connectivity index (χ0n) is 22.8. The first-order chi connectivity index (χ1) is 20.1. The third kappa shape index (κ3) is 5.29. The molecular formula is C29H30Cl3N5O4S. The number of nitrogens with one attached hydrogen (secondary N) is 2. The molecule has 7 rings (SSSR count). The smallest absolute Gasteiger partial charge is 0.414 e. The van der Waals surface area contributed by atoms with Crippen molar-refractivity contribution < 1.29 is 18.5 Å². The number of halogens is 3. The maximum Gasteiger partial charge on any atom is 0.414 e. The van der Waals surface area contributed by atoms with Gasteiger partial charge in [0.2, 0.25) is 5.95 Å². The minimum atomic E-state index is -2.28. The number of rotatable bonds is 6. The SMILES string of the molecule is O=C(NC(=O)C(Cl)(Cl)Cl)OCC1(Nc2nc(N3C[C@H]4CC(c5ccc6c(c5)CC6)=C[C@H]4C3)nc3c2[S@](=O)CC3)CCC1. The fraction of sp³-hybridized carbons (Fsp3) is 0.517. The lowest BCUT2D eigenvalue weighted by Crippen LogP contribution is -2.51. The van der Waals surface area contributed by atoms with E-state index in [0.29, 0.717) is 53.5 Å². The van der Waals surface area contributed by atoms with Crippen molar-refractivity contribution in [2.24, 2.45) is 11.8 Å². The molecule has 3 aliphatic carbocycles. The molecule has 1 aromatic heterocycles. The van der Waals surface area contributed by atoms with Crippen molar-refractivity contribution in [3.63, 3.8) is 0 Å². The molecule has 2 N–H and O–H groups in total. The Morgan fingerprint density at radius 1 is 1.12 bits per heavy atom. The molecule has 0 spiro atoms. The molecule has 3 heterocycles. The first-order valence-electron chi connectivity index (χ1n) is 14.3. The summed E-state index contributed by atoms with van der Waals surface area (Å²) < 4.78 is 16.0. The molecule has 42 heavy (non-hydrogen) atoms. The first kappa shape index (κ1) is 28.4. The van der Waals surface area contributed by atoms with E-state index < -0.39 is 32.1 Å². The summed E-state index contributed by atoms with van der Waals surface area (Å²) in [7, 11) is -1.22. The van der Waals surface area contributed by atoms with Crippen LogP contribution in [0, 0.1) is 11.8 Å². The van der Waals surface area contributed by atoms with Gasteiger partial charge in [0.1, 0.15) is 17.3 Å². The molecule has 5 aliphatic rings. The molecule has 1 saturated carbocycles. The minimum absolute atomic E-state index is 0.0309. The van der Waals surface area contributed by atoms with Crippen molar-refractivity contribution in [2.75, 3.05) is 35.7 Å². The van der Waals surface area contributed by atoms with Crippen LogP contribution in [0.15, 0.2) is 29.2 Å². The highest BCUT2D eigenvalue weighted by atomic mass is 35.6. The first-order valence-corrected chi connectivity index (χ1v) is 16.7. The number of aromatic nitrogens is 2. The zero-order valence-corrected chi connectivity index (χ0v) is 25.8. The summed E-state index contributed by atoms with van der Waals surface area (Å²) in [6, 6.07) is 6.92. The summed E-state index contributed by atoms with van der Waals surface area (Å²) in [4.78, 5) is 36.7. The molecule has 2 aromatic rings. The highest BCUT2D eigenvalue weighted by molar-refractivity contribution is 7.85. The molecular weight excluding hydrogens is 621 g/mol. The van der Waals surface area contributed by atoms with Crippen molar-refractivity contribution in [2.45, 2.75) is 59.2 Å². The number of fused-ring (bicyclic) bond motifs is 3.